The van der Waals surface area contributed by atoms with Crippen LogP contribution in [0, 0.1) is 10.1 Å². The number of nitrogens with one attached hydrogen (secondary N) is 1. The first kappa shape index (κ1) is 21.1. The second-order valence-corrected chi connectivity index (χ2v) is 6.46. The largest absolute Gasteiger partial charge is 0.478 e. The van der Waals surface area contributed by atoms with Gasteiger partial charge in [-0.2, -0.15) is 0 Å². The van der Waals surface area contributed by atoms with E-state index in [1.807, 2.05) is 20.8 Å². The maximum atomic E-state index is 12.8. The Labute approximate surface area is 163 Å². The molecule has 0 saturated carbocycles. The molecule has 28 heavy (non-hydrogen) atoms. The molecule has 1 amide bonds. The van der Waals surface area contributed by atoms with Gasteiger partial charge < -0.3 is 15.3 Å². The molecule has 1 atom stereocenters. The second kappa shape index (κ2) is 9.16. The van der Waals surface area contributed by atoms with Gasteiger partial charge in [0, 0.05) is 36.8 Å². The zero-order chi connectivity index (χ0) is 20.8. The van der Waals surface area contributed by atoms with Gasteiger partial charge in [-0.25, -0.2) is 4.79 Å². The highest BCUT2D eigenvalue weighted by atomic mass is 16.6. The summed E-state index contributed by atoms with van der Waals surface area (Å²) >= 11 is 0. The quantitative estimate of drug-likeness (QED) is 0.523. The minimum Gasteiger partial charge on any atom is -0.478 e. The second-order valence-electron chi connectivity index (χ2n) is 6.46. The monoisotopic (exact) mass is 387 g/mol. The zero-order valence-corrected chi connectivity index (χ0v) is 16.3. The lowest BCUT2D eigenvalue weighted by Crippen LogP contribution is -2.38. The van der Waals surface area contributed by atoms with Crippen molar-refractivity contribution >= 4 is 17.6 Å². The van der Waals surface area contributed by atoms with Crippen LogP contribution in [0.15, 0.2) is 47.3 Å². The van der Waals surface area contributed by atoms with Crippen molar-refractivity contribution in [1.82, 2.24) is 10.2 Å². The number of rotatable bonds is 8. The standard InChI is InChI=1S/C20H25N3O5/c1-4-7-16-18(20(25)26)15(13-8-10-14(11-9-13)23(27)28)12-17(21-16)19(24)22(5-2)6-3/h8-12,15,21H,4-7H2,1-3H3,(H,25,26). The van der Waals surface area contributed by atoms with Crippen LogP contribution in [0.3, 0.4) is 0 Å². The van der Waals surface area contributed by atoms with E-state index in [9.17, 15) is 24.8 Å². The lowest BCUT2D eigenvalue weighted by atomic mass is 9.85. The van der Waals surface area contributed by atoms with Crippen molar-refractivity contribution in [2.45, 2.75) is 39.5 Å². The number of carbonyl (C=O) groups excluding carboxylic acids is 1. The SMILES string of the molecule is CCCC1=C(C(=O)O)C(c2ccc([N+](=O)[O-])cc2)C=C(C(=O)N(CC)CC)N1. The first-order valence-electron chi connectivity index (χ1n) is 9.32. The van der Waals surface area contributed by atoms with E-state index in [0.717, 1.165) is 0 Å². The molecule has 0 aromatic heterocycles. The maximum absolute atomic E-state index is 12.8. The van der Waals surface area contributed by atoms with E-state index < -0.39 is 16.8 Å². The van der Waals surface area contributed by atoms with Crippen LogP contribution in [0.2, 0.25) is 0 Å². The van der Waals surface area contributed by atoms with Crippen LogP contribution >= 0.6 is 0 Å². The summed E-state index contributed by atoms with van der Waals surface area (Å²) in [5, 5.41) is 23.7. The van der Waals surface area contributed by atoms with Crippen molar-refractivity contribution in [2.75, 3.05) is 13.1 Å². The topological polar surface area (TPSA) is 113 Å². The van der Waals surface area contributed by atoms with E-state index in [-0.39, 0.29) is 17.2 Å². The number of non-ortho nitro benzene ring substituents is 1. The Morgan fingerprint density at radius 3 is 2.25 bits per heavy atom. The van der Waals surface area contributed by atoms with Gasteiger partial charge in [-0.15, -0.1) is 0 Å². The molecule has 150 valence electrons. The third-order valence-corrected chi connectivity index (χ3v) is 4.73. The highest BCUT2D eigenvalue weighted by Crippen LogP contribution is 2.34. The van der Waals surface area contributed by atoms with E-state index in [1.165, 1.54) is 24.3 Å². The van der Waals surface area contributed by atoms with Gasteiger partial charge in [-0.1, -0.05) is 25.5 Å². The molecule has 2 N–H and O–H groups in total. The average molecular weight is 387 g/mol. The summed E-state index contributed by atoms with van der Waals surface area (Å²) in [7, 11) is 0. The normalized spacial score (nSPS) is 16.2. The summed E-state index contributed by atoms with van der Waals surface area (Å²) in [6, 6.07) is 5.76. The summed E-state index contributed by atoms with van der Waals surface area (Å²) in [5.74, 6) is -1.95. The van der Waals surface area contributed by atoms with Crippen molar-refractivity contribution in [3.05, 3.63) is 63.0 Å². The smallest absolute Gasteiger partial charge is 0.334 e. The minimum absolute atomic E-state index is 0.0734. The van der Waals surface area contributed by atoms with Gasteiger partial charge in [0.2, 0.25) is 0 Å². The molecular weight excluding hydrogens is 362 g/mol. The Bertz CT molecular complexity index is 823. The van der Waals surface area contributed by atoms with Crippen LogP contribution in [-0.2, 0) is 9.59 Å². The highest BCUT2D eigenvalue weighted by molar-refractivity contribution is 5.97. The van der Waals surface area contributed by atoms with Gasteiger partial charge in [0.25, 0.3) is 11.6 Å². The number of carbonyl (C=O) groups is 2. The van der Waals surface area contributed by atoms with E-state index >= 15 is 0 Å². The number of amides is 1. The van der Waals surface area contributed by atoms with Gasteiger partial charge in [-0.3, -0.25) is 14.9 Å². The summed E-state index contributed by atoms with van der Waals surface area (Å²) in [6.07, 6.45) is 2.79. The Balaban J connectivity index is 2.55. The number of carboxylic acids is 1. The molecule has 1 aromatic carbocycles. The molecule has 8 heteroatoms. The molecule has 1 unspecified atom stereocenters. The Hall–Kier alpha value is -3.16. The van der Waals surface area contributed by atoms with E-state index in [4.69, 9.17) is 0 Å². The van der Waals surface area contributed by atoms with Crippen molar-refractivity contribution in [1.29, 1.82) is 0 Å². The van der Waals surface area contributed by atoms with Crippen molar-refractivity contribution < 1.29 is 19.6 Å². The van der Waals surface area contributed by atoms with Crippen LogP contribution in [0.1, 0.15) is 45.1 Å². The van der Waals surface area contributed by atoms with Crippen molar-refractivity contribution in [3.8, 4) is 0 Å². The van der Waals surface area contributed by atoms with Gasteiger partial charge >= 0.3 is 5.97 Å². The molecule has 0 radical (unpaired) electrons. The van der Waals surface area contributed by atoms with E-state index in [0.29, 0.717) is 42.9 Å². The number of hydrogen-bond donors (Lipinski definition) is 2. The van der Waals surface area contributed by atoms with Crippen LogP contribution in [0.5, 0.6) is 0 Å². The van der Waals surface area contributed by atoms with Crippen LogP contribution in [0.25, 0.3) is 0 Å². The molecule has 1 aromatic rings. The predicted molar refractivity (Wildman–Crippen MR) is 105 cm³/mol. The average Bonchev–Trinajstić information content (AvgIpc) is 2.68. The fraction of sp³-hybridized carbons (Fsp3) is 0.400. The fourth-order valence-electron chi connectivity index (χ4n) is 3.29. The number of carboxylic acid groups (broad SMARTS) is 1. The lowest BCUT2D eigenvalue weighted by molar-refractivity contribution is -0.384. The third-order valence-electron chi connectivity index (χ3n) is 4.73. The van der Waals surface area contributed by atoms with Gasteiger partial charge in [0.1, 0.15) is 5.70 Å². The molecule has 0 saturated heterocycles. The minimum atomic E-state index is -1.08. The molecule has 1 aliphatic rings. The maximum Gasteiger partial charge on any atom is 0.334 e. The Morgan fingerprint density at radius 2 is 1.79 bits per heavy atom. The number of dihydropyridines is 1. The van der Waals surface area contributed by atoms with Crippen LogP contribution < -0.4 is 5.32 Å². The number of aliphatic carboxylic acids is 1. The number of hydrogen-bond acceptors (Lipinski definition) is 5. The summed E-state index contributed by atoms with van der Waals surface area (Å²) in [6.45, 7) is 6.76. The molecule has 2 rings (SSSR count). The zero-order valence-electron chi connectivity index (χ0n) is 16.3. The van der Waals surface area contributed by atoms with Crippen molar-refractivity contribution in [3.63, 3.8) is 0 Å². The summed E-state index contributed by atoms with van der Waals surface area (Å²) < 4.78 is 0. The first-order chi connectivity index (χ1) is 13.3. The van der Waals surface area contributed by atoms with Gasteiger partial charge in [-0.05, 0) is 31.9 Å². The number of benzene rings is 1. The molecule has 0 spiro atoms. The lowest BCUT2D eigenvalue weighted by Gasteiger charge is -2.29. The number of nitro benzene ring substituents is 1. The molecule has 1 aliphatic heterocycles. The van der Waals surface area contributed by atoms with Crippen LogP contribution in [0.4, 0.5) is 5.69 Å². The fourth-order valence-corrected chi connectivity index (χ4v) is 3.29. The molecular formula is C20H25N3O5. The molecule has 0 fully saturated rings. The highest BCUT2D eigenvalue weighted by Gasteiger charge is 2.32. The first-order valence-corrected chi connectivity index (χ1v) is 9.32. The predicted octanol–water partition coefficient (Wildman–Crippen LogP) is 3.17. The summed E-state index contributed by atoms with van der Waals surface area (Å²) in [4.78, 5) is 36.9. The van der Waals surface area contributed by atoms with Crippen molar-refractivity contribution in [2.24, 2.45) is 0 Å². The number of nitrogens with zero attached hydrogens (tertiary/aromatic N) is 2. The third kappa shape index (κ3) is 4.39. The van der Waals surface area contributed by atoms with Gasteiger partial charge in [0.15, 0.2) is 0 Å². The number of nitro groups is 1. The number of allylic oxidation sites excluding steroid dienone is 2. The molecule has 1 heterocycles. The number of likely N-dealkylation sites (N-methyl/N-ethyl adjacent to an activating group) is 1. The molecule has 0 aliphatic carbocycles. The van der Waals surface area contributed by atoms with Crippen LogP contribution in [-0.4, -0.2) is 39.9 Å². The van der Waals surface area contributed by atoms with Gasteiger partial charge in [0.05, 0.1) is 10.5 Å². The Morgan fingerprint density at radius 1 is 1.18 bits per heavy atom. The molecule has 8 nitrogen and oxygen atoms in total. The molecule has 0 bridgehead atoms. The van der Waals surface area contributed by atoms with E-state index in [1.54, 1.807) is 11.0 Å². The Kier molecular flexibility index (Phi) is 6.92. The van der Waals surface area contributed by atoms with E-state index in [2.05, 4.69) is 5.32 Å². The summed E-state index contributed by atoms with van der Waals surface area (Å²) in [5.41, 5.74) is 1.50.